The lowest BCUT2D eigenvalue weighted by atomic mass is 10.2. The van der Waals surface area contributed by atoms with E-state index in [1.807, 2.05) is 74.5 Å². The van der Waals surface area contributed by atoms with Gasteiger partial charge >= 0.3 is 5.69 Å². The largest absolute Gasteiger partial charge is 0.384 e. The average molecular weight is 406 g/mol. The Kier molecular flexibility index (Phi) is 6.51. The third-order valence-corrected chi connectivity index (χ3v) is 4.67. The molecule has 0 unspecified atom stereocenters. The summed E-state index contributed by atoms with van der Waals surface area (Å²) in [6.07, 6.45) is 0. The summed E-state index contributed by atoms with van der Waals surface area (Å²) >= 11 is 0. The number of hydrogen-bond acceptors (Lipinski definition) is 4. The molecule has 1 aromatic heterocycles. The molecule has 7 heteroatoms. The molecule has 0 spiro atoms. The zero-order valence-electron chi connectivity index (χ0n) is 17.5. The molecule has 7 nitrogen and oxygen atoms in total. The van der Waals surface area contributed by atoms with Crippen LogP contribution in [0.1, 0.15) is 25.0 Å². The highest BCUT2D eigenvalue weighted by Crippen LogP contribution is 2.14. The zero-order chi connectivity index (χ0) is 21.7. The predicted octanol–water partition coefficient (Wildman–Crippen LogP) is 2.84. The van der Waals surface area contributed by atoms with E-state index in [1.165, 1.54) is 11.6 Å². The lowest BCUT2D eigenvalue weighted by Crippen LogP contribution is -2.44. The summed E-state index contributed by atoms with van der Waals surface area (Å²) in [5.41, 5.74) is 7.40. The highest BCUT2D eigenvalue weighted by molar-refractivity contribution is 6.10. The van der Waals surface area contributed by atoms with Gasteiger partial charge in [-0.2, -0.15) is 0 Å². The molecule has 156 valence electrons. The molecular formula is C23H27N5O2. The number of rotatable bonds is 6. The van der Waals surface area contributed by atoms with Crippen LogP contribution in [-0.4, -0.2) is 15.0 Å². The van der Waals surface area contributed by atoms with Crippen LogP contribution in [0.15, 0.2) is 75.2 Å². The van der Waals surface area contributed by atoms with Crippen LogP contribution in [0.2, 0.25) is 0 Å². The van der Waals surface area contributed by atoms with Gasteiger partial charge in [-0.05, 0) is 23.6 Å². The summed E-state index contributed by atoms with van der Waals surface area (Å²) in [6, 6.07) is 19.2. The third-order valence-electron chi connectivity index (χ3n) is 4.67. The smallest absolute Gasteiger partial charge is 0.332 e. The molecule has 3 aromatic rings. The van der Waals surface area contributed by atoms with Crippen molar-refractivity contribution in [3.63, 3.8) is 0 Å². The Morgan fingerprint density at radius 3 is 2.23 bits per heavy atom. The average Bonchev–Trinajstić information content (AvgIpc) is 2.75. The van der Waals surface area contributed by atoms with Crippen LogP contribution in [0, 0.1) is 5.92 Å². The first-order valence-corrected chi connectivity index (χ1v) is 9.88. The molecule has 0 radical (unpaired) electrons. The normalized spacial score (nSPS) is 11.7. The number of amidine groups is 1. The number of hydrogen-bond donors (Lipinski definition) is 2. The van der Waals surface area contributed by atoms with E-state index in [9.17, 15) is 9.59 Å². The number of para-hydroxylation sites is 1. The molecule has 3 N–H and O–H groups in total. The van der Waals surface area contributed by atoms with Crippen LogP contribution in [-0.2, 0) is 20.1 Å². The van der Waals surface area contributed by atoms with E-state index >= 15 is 0 Å². The minimum Gasteiger partial charge on any atom is -0.384 e. The van der Waals surface area contributed by atoms with Crippen molar-refractivity contribution in [2.45, 2.75) is 26.9 Å². The number of aliphatic imine (C=N–C) groups is 1. The lowest BCUT2D eigenvalue weighted by Gasteiger charge is -2.18. The van der Waals surface area contributed by atoms with Gasteiger partial charge < -0.3 is 11.1 Å². The molecule has 0 fully saturated rings. The van der Waals surface area contributed by atoms with Gasteiger partial charge in [0.05, 0.1) is 6.54 Å². The second-order valence-electron chi connectivity index (χ2n) is 7.55. The summed E-state index contributed by atoms with van der Waals surface area (Å²) < 4.78 is 2.52. The van der Waals surface area contributed by atoms with E-state index in [0.29, 0.717) is 18.9 Å². The van der Waals surface area contributed by atoms with Gasteiger partial charge in [0, 0.05) is 19.3 Å². The van der Waals surface area contributed by atoms with Crippen LogP contribution in [0.4, 0.5) is 11.5 Å². The van der Waals surface area contributed by atoms with Crippen LogP contribution >= 0.6 is 0 Å². The van der Waals surface area contributed by atoms with Crippen LogP contribution in [0.25, 0.3) is 0 Å². The first-order valence-electron chi connectivity index (χ1n) is 9.88. The second-order valence-corrected chi connectivity index (χ2v) is 7.55. The number of benzene rings is 2. The topological polar surface area (TPSA) is 94.4 Å². The summed E-state index contributed by atoms with van der Waals surface area (Å²) in [6.45, 7) is 4.75. The first kappa shape index (κ1) is 21.1. The van der Waals surface area contributed by atoms with Crippen molar-refractivity contribution in [2.75, 3.05) is 11.1 Å². The minimum absolute atomic E-state index is 0.118. The molecule has 0 atom stereocenters. The molecular weight excluding hydrogens is 378 g/mol. The Morgan fingerprint density at radius 2 is 1.63 bits per heavy atom. The fourth-order valence-corrected chi connectivity index (χ4v) is 3.14. The van der Waals surface area contributed by atoms with Gasteiger partial charge in [0.25, 0.3) is 5.56 Å². The molecule has 0 bridgehead atoms. The Bertz CT molecular complexity index is 1150. The van der Waals surface area contributed by atoms with Gasteiger partial charge in [-0.15, -0.1) is 0 Å². The fourth-order valence-electron chi connectivity index (χ4n) is 3.14. The van der Waals surface area contributed by atoms with Crippen molar-refractivity contribution in [1.29, 1.82) is 0 Å². The van der Waals surface area contributed by atoms with Gasteiger partial charge in [-0.1, -0.05) is 62.4 Å². The van der Waals surface area contributed by atoms with Gasteiger partial charge in [0.15, 0.2) is 0 Å². The van der Waals surface area contributed by atoms with Crippen molar-refractivity contribution < 1.29 is 0 Å². The molecule has 0 saturated carbocycles. The zero-order valence-corrected chi connectivity index (χ0v) is 17.5. The molecule has 3 rings (SSSR count). The lowest BCUT2D eigenvalue weighted by molar-refractivity contribution is 0.493. The highest BCUT2D eigenvalue weighted by Gasteiger charge is 2.20. The SMILES string of the molecule is CC(C)Cn1c(N)c(C(=NCc2ccccc2)Nc2ccccc2)c(=O)n(C)c1=O. The summed E-state index contributed by atoms with van der Waals surface area (Å²) in [5, 5.41) is 3.22. The third kappa shape index (κ3) is 4.68. The number of nitrogens with zero attached hydrogens (tertiary/aromatic N) is 3. The fraction of sp³-hybridized carbons (Fsp3) is 0.261. The van der Waals surface area contributed by atoms with Crippen molar-refractivity contribution in [3.05, 3.63) is 92.6 Å². The maximum atomic E-state index is 13.0. The Labute approximate surface area is 175 Å². The molecule has 0 aliphatic heterocycles. The summed E-state index contributed by atoms with van der Waals surface area (Å²) in [7, 11) is 1.46. The number of aromatic nitrogens is 2. The predicted molar refractivity (Wildman–Crippen MR) is 122 cm³/mol. The van der Waals surface area contributed by atoms with E-state index in [0.717, 1.165) is 15.8 Å². The molecule has 0 saturated heterocycles. The number of nitrogens with two attached hydrogens (primary N) is 1. The van der Waals surface area contributed by atoms with E-state index in [-0.39, 0.29) is 17.3 Å². The van der Waals surface area contributed by atoms with Gasteiger partial charge in [-0.3, -0.25) is 18.9 Å². The summed E-state index contributed by atoms with van der Waals surface area (Å²) in [5.74, 6) is 0.634. The van der Waals surface area contributed by atoms with Gasteiger partial charge in [0.2, 0.25) is 0 Å². The van der Waals surface area contributed by atoms with Crippen molar-refractivity contribution in [1.82, 2.24) is 9.13 Å². The monoisotopic (exact) mass is 405 g/mol. The number of nitrogen functional groups attached to an aromatic ring is 1. The second kappa shape index (κ2) is 9.26. The molecule has 30 heavy (non-hydrogen) atoms. The quantitative estimate of drug-likeness (QED) is 0.487. The van der Waals surface area contributed by atoms with E-state index in [1.54, 1.807) is 0 Å². The Hall–Kier alpha value is -3.61. The number of anilines is 2. The van der Waals surface area contributed by atoms with Crippen molar-refractivity contribution >= 4 is 17.3 Å². The highest BCUT2D eigenvalue weighted by atomic mass is 16.2. The molecule has 1 heterocycles. The Balaban J connectivity index is 2.16. The Morgan fingerprint density at radius 1 is 1.03 bits per heavy atom. The van der Waals surface area contributed by atoms with E-state index in [2.05, 4.69) is 10.3 Å². The first-order chi connectivity index (χ1) is 14.4. The standard InChI is InChI=1S/C23H27N5O2/c1-16(2)15-28-20(24)19(22(29)27(3)23(28)30)21(26-18-12-8-5-9-13-18)25-14-17-10-6-4-7-11-17/h4-13,16H,14-15,24H2,1-3H3,(H,25,26). The maximum absolute atomic E-state index is 13.0. The van der Waals surface area contributed by atoms with E-state index in [4.69, 9.17) is 5.73 Å². The minimum atomic E-state index is -0.479. The van der Waals surface area contributed by atoms with Gasteiger partial charge in [-0.25, -0.2) is 4.79 Å². The van der Waals surface area contributed by atoms with Crippen LogP contribution < -0.4 is 22.3 Å². The molecule has 0 amide bonds. The van der Waals surface area contributed by atoms with Crippen LogP contribution in [0.3, 0.4) is 0 Å². The molecule has 2 aromatic carbocycles. The maximum Gasteiger partial charge on any atom is 0.332 e. The molecule has 0 aliphatic rings. The van der Waals surface area contributed by atoms with Crippen molar-refractivity contribution in [3.8, 4) is 0 Å². The molecule has 0 aliphatic carbocycles. The number of nitrogens with one attached hydrogen (secondary N) is 1. The summed E-state index contributed by atoms with van der Waals surface area (Å²) in [4.78, 5) is 30.4. The van der Waals surface area contributed by atoms with E-state index < -0.39 is 11.2 Å². The van der Waals surface area contributed by atoms with Gasteiger partial charge in [0.1, 0.15) is 17.2 Å². The van der Waals surface area contributed by atoms with Crippen molar-refractivity contribution in [2.24, 2.45) is 18.0 Å². The van der Waals surface area contributed by atoms with Crippen LogP contribution in [0.5, 0.6) is 0 Å².